The maximum atomic E-state index is 12.2. The standard InChI is InChI=1S/C12H15ClN2O4/c1-8(2)14(5-6-16)12(17)9-3-4-10(13)11(7-9)15(18)19/h3-4,7-8,16H,5-6H2,1-2H3. The van der Waals surface area contributed by atoms with E-state index in [4.69, 9.17) is 16.7 Å². The van der Waals surface area contributed by atoms with Gasteiger partial charge in [-0.05, 0) is 26.0 Å². The Bertz CT molecular complexity index is 491. The van der Waals surface area contributed by atoms with Crippen LogP contribution in [0.15, 0.2) is 18.2 Å². The summed E-state index contributed by atoms with van der Waals surface area (Å²) >= 11 is 5.69. The van der Waals surface area contributed by atoms with E-state index in [1.54, 1.807) is 13.8 Å². The molecule has 1 rings (SSSR count). The smallest absolute Gasteiger partial charge is 0.288 e. The predicted molar refractivity (Wildman–Crippen MR) is 71.4 cm³/mol. The van der Waals surface area contributed by atoms with Crippen molar-refractivity contribution in [1.82, 2.24) is 4.90 Å². The van der Waals surface area contributed by atoms with Crippen molar-refractivity contribution >= 4 is 23.2 Å². The van der Waals surface area contributed by atoms with Gasteiger partial charge in [0.1, 0.15) is 5.02 Å². The predicted octanol–water partition coefficient (Wildman–Crippen LogP) is 2.09. The number of rotatable bonds is 5. The summed E-state index contributed by atoms with van der Waals surface area (Å²) in [5, 5.41) is 19.7. The van der Waals surface area contributed by atoms with Gasteiger partial charge in [-0.25, -0.2) is 0 Å². The summed E-state index contributed by atoms with van der Waals surface area (Å²) in [5.74, 6) is -0.371. The molecular formula is C12H15ClN2O4. The highest BCUT2D eigenvalue weighted by Gasteiger charge is 2.21. The molecule has 0 aliphatic carbocycles. The second-order valence-corrected chi connectivity index (χ2v) is 4.65. The Labute approximate surface area is 115 Å². The van der Waals surface area contributed by atoms with Crippen molar-refractivity contribution < 1.29 is 14.8 Å². The van der Waals surface area contributed by atoms with Crippen molar-refractivity contribution in [2.45, 2.75) is 19.9 Å². The van der Waals surface area contributed by atoms with Gasteiger partial charge >= 0.3 is 0 Å². The van der Waals surface area contributed by atoms with E-state index in [1.807, 2.05) is 0 Å². The summed E-state index contributed by atoms with van der Waals surface area (Å²) in [5.41, 5.74) is -0.126. The molecule has 1 aromatic carbocycles. The number of aliphatic hydroxyl groups excluding tert-OH is 1. The zero-order chi connectivity index (χ0) is 14.6. The Hall–Kier alpha value is -1.66. The monoisotopic (exact) mass is 286 g/mol. The lowest BCUT2D eigenvalue weighted by Gasteiger charge is -2.25. The Balaban J connectivity index is 3.11. The van der Waals surface area contributed by atoms with E-state index in [-0.39, 0.29) is 41.4 Å². The summed E-state index contributed by atoms with van der Waals surface area (Å²) in [7, 11) is 0. The number of carbonyl (C=O) groups is 1. The maximum Gasteiger partial charge on any atom is 0.288 e. The Morgan fingerprint density at radius 1 is 1.53 bits per heavy atom. The number of carbonyl (C=O) groups excluding carboxylic acids is 1. The van der Waals surface area contributed by atoms with Gasteiger partial charge in [-0.15, -0.1) is 0 Å². The highest BCUT2D eigenvalue weighted by Crippen LogP contribution is 2.25. The molecule has 0 saturated heterocycles. The molecule has 0 bridgehead atoms. The molecule has 0 atom stereocenters. The fourth-order valence-electron chi connectivity index (χ4n) is 1.65. The van der Waals surface area contributed by atoms with E-state index < -0.39 is 4.92 Å². The Morgan fingerprint density at radius 3 is 2.63 bits per heavy atom. The van der Waals surface area contributed by atoms with E-state index >= 15 is 0 Å². The van der Waals surface area contributed by atoms with E-state index in [1.165, 1.54) is 17.0 Å². The van der Waals surface area contributed by atoms with Crippen molar-refractivity contribution in [3.05, 3.63) is 38.9 Å². The van der Waals surface area contributed by atoms with Crippen molar-refractivity contribution in [3.63, 3.8) is 0 Å². The Morgan fingerprint density at radius 2 is 2.16 bits per heavy atom. The fraction of sp³-hybridized carbons (Fsp3) is 0.417. The van der Waals surface area contributed by atoms with Crippen LogP contribution in [-0.2, 0) is 0 Å². The fourth-order valence-corrected chi connectivity index (χ4v) is 1.84. The van der Waals surface area contributed by atoms with E-state index in [2.05, 4.69) is 0 Å². The van der Waals surface area contributed by atoms with Gasteiger partial charge in [-0.2, -0.15) is 0 Å². The minimum atomic E-state index is -0.634. The molecular weight excluding hydrogens is 272 g/mol. The molecule has 1 aromatic rings. The average molecular weight is 287 g/mol. The van der Waals surface area contributed by atoms with Crippen molar-refractivity contribution in [3.8, 4) is 0 Å². The SMILES string of the molecule is CC(C)N(CCO)C(=O)c1ccc(Cl)c([N+](=O)[O-])c1. The number of nitrogens with zero attached hydrogens (tertiary/aromatic N) is 2. The number of halogens is 1. The number of aliphatic hydroxyl groups is 1. The van der Waals surface area contributed by atoms with Crippen molar-refractivity contribution in [1.29, 1.82) is 0 Å². The lowest BCUT2D eigenvalue weighted by atomic mass is 10.1. The second-order valence-electron chi connectivity index (χ2n) is 4.24. The van der Waals surface area contributed by atoms with Crippen LogP contribution in [0.4, 0.5) is 5.69 Å². The minimum absolute atomic E-state index is 0.0141. The summed E-state index contributed by atoms with van der Waals surface area (Å²) in [6, 6.07) is 3.79. The zero-order valence-electron chi connectivity index (χ0n) is 10.7. The van der Waals surface area contributed by atoms with Gasteiger partial charge < -0.3 is 10.0 Å². The molecule has 0 spiro atoms. The Kier molecular flexibility index (Phi) is 5.26. The van der Waals surface area contributed by atoms with Crippen LogP contribution < -0.4 is 0 Å². The zero-order valence-corrected chi connectivity index (χ0v) is 11.4. The highest BCUT2D eigenvalue weighted by molar-refractivity contribution is 6.32. The third-order valence-corrected chi connectivity index (χ3v) is 2.93. The number of benzene rings is 1. The molecule has 0 heterocycles. The first-order valence-electron chi connectivity index (χ1n) is 5.74. The lowest BCUT2D eigenvalue weighted by molar-refractivity contribution is -0.384. The molecule has 0 radical (unpaired) electrons. The van der Waals surface area contributed by atoms with Crippen LogP contribution in [0.1, 0.15) is 24.2 Å². The molecule has 0 fully saturated rings. The van der Waals surface area contributed by atoms with Crippen molar-refractivity contribution in [2.24, 2.45) is 0 Å². The molecule has 7 heteroatoms. The summed E-state index contributed by atoms with van der Waals surface area (Å²) < 4.78 is 0. The molecule has 0 aliphatic heterocycles. The number of hydrogen-bond acceptors (Lipinski definition) is 4. The third kappa shape index (κ3) is 3.65. The first-order valence-corrected chi connectivity index (χ1v) is 6.12. The van der Waals surface area contributed by atoms with E-state index in [0.29, 0.717) is 0 Å². The second kappa shape index (κ2) is 6.49. The van der Waals surface area contributed by atoms with Gasteiger partial charge in [-0.3, -0.25) is 14.9 Å². The van der Waals surface area contributed by atoms with Gasteiger partial charge in [0, 0.05) is 24.2 Å². The maximum absolute atomic E-state index is 12.2. The molecule has 1 N–H and O–H groups in total. The lowest BCUT2D eigenvalue weighted by Crippen LogP contribution is -2.39. The number of hydrogen-bond donors (Lipinski definition) is 1. The minimum Gasteiger partial charge on any atom is -0.395 e. The topological polar surface area (TPSA) is 83.7 Å². The molecule has 1 amide bonds. The number of nitro benzene ring substituents is 1. The summed E-state index contributed by atoms with van der Waals surface area (Å²) in [6.07, 6.45) is 0. The van der Waals surface area contributed by atoms with E-state index in [0.717, 1.165) is 6.07 Å². The average Bonchev–Trinajstić information content (AvgIpc) is 2.35. The van der Waals surface area contributed by atoms with Crippen LogP contribution in [0.2, 0.25) is 5.02 Å². The number of amides is 1. The van der Waals surface area contributed by atoms with E-state index in [9.17, 15) is 14.9 Å². The van der Waals surface area contributed by atoms with Crippen LogP contribution >= 0.6 is 11.6 Å². The molecule has 6 nitrogen and oxygen atoms in total. The van der Waals surface area contributed by atoms with Gasteiger partial charge in [0.25, 0.3) is 11.6 Å². The normalized spacial score (nSPS) is 10.6. The first-order chi connectivity index (χ1) is 8.88. The highest BCUT2D eigenvalue weighted by atomic mass is 35.5. The third-order valence-electron chi connectivity index (χ3n) is 2.61. The van der Waals surface area contributed by atoms with Crippen LogP contribution in [0.3, 0.4) is 0 Å². The van der Waals surface area contributed by atoms with Crippen LogP contribution in [0.25, 0.3) is 0 Å². The largest absolute Gasteiger partial charge is 0.395 e. The summed E-state index contributed by atoms with van der Waals surface area (Å²) in [4.78, 5) is 23.8. The molecule has 0 aliphatic rings. The van der Waals surface area contributed by atoms with Crippen LogP contribution in [-0.4, -0.2) is 40.0 Å². The van der Waals surface area contributed by atoms with Gasteiger partial charge in [0.05, 0.1) is 11.5 Å². The quantitative estimate of drug-likeness (QED) is 0.663. The molecule has 0 aromatic heterocycles. The molecule has 19 heavy (non-hydrogen) atoms. The van der Waals surface area contributed by atoms with Crippen LogP contribution in [0, 0.1) is 10.1 Å². The first kappa shape index (κ1) is 15.4. The van der Waals surface area contributed by atoms with Gasteiger partial charge in [0.15, 0.2) is 0 Å². The van der Waals surface area contributed by atoms with Gasteiger partial charge in [0.2, 0.25) is 0 Å². The van der Waals surface area contributed by atoms with Crippen molar-refractivity contribution in [2.75, 3.05) is 13.2 Å². The molecule has 0 unspecified atom stereocenters. The van der Waals surface area contributed by atoms with Crippen LogP contribution in [0.5, 0.6) is 0 Å². The molecule has 104 valence electrons. The van der Waals surface area contributed by atoms with Gasteiger partial charge in [-0.1, -0.05) is 11.6 Å². The number of nitro groups is 1. The molecule has 0 saturated carbocycles. The summed E-state index contributed by atoms with van der Waals surface area (Å²) in [6.45, 7) is 3.61.